The second-order valence-corrected chi connectivity index (χ2v) is 8.42. The summed E-state index contributed by atoms with van der Waals surface area (Å²) in [7, 11) is 0. The number of piperazine rings is 1. The third-order valence-electron chi connectivity index (χ3n) is 5.93. The molecule has 0 spiro atoms. The van der Waals surface area contributed by atoms with Crippen LogP contribution in [-0.4, -0.2) is 52.1 Å². The normalized spacial score (nSPS) is 15.7. The smallest absolute Gasteiger partial charge is 0.335 e. The van der Waals surface area contributed by atoms with Crippen molar-refractivity contribution in [2.45, 2.75) is 6.04 Å². The Bertz CT molecular complexity index is 1250. The molecule has 1 atom stereocenters. The first-order valence-electron chi connectivity index (χ1n) is 10.6. The van der Waals surface area contributed by atoms with Gasteiger partial charge in [0, 0.05) is 36.8 Å². The molecule has 4 aromatic rings. The van der Waals surface area contributed by atoms with Gasteiger partial charge in [-0.05, 0) is 41.5 Å². The number of nitrogens with zero attached hydrogens (tertiary/aromatic N) is 2. The molecule has 1 aliphatic heterocycles. The van der Waals surface area contributed by atoms with Crippen LogP contribution in [-0.2, 0) is 0 Å². The highest BCUT2D eigenvalue weighted by Crippen LogP contribution is 2.31. The molecule has 1 aliphatic rings. The van der Waals surface area contributed by atoms with Crippen LogP contribution in [0.4, 0.5) is 0 Å². The Morgan fingerprint density at radius 3 is 2.28 bits per heavy atom. The van der Waals surface area contributed by atoms with Gasteiger partial charge in [-0.15, -0.1) is 0 Å². The van der Waals surface area contributed by atoms with Gasteiger partial charge in [-0.2, -0.15) is 0 Å². The summed E-state index contributed by atoms with van der Waals surface area (Å²) < 4.78 is 0. The SMILES string of the molecule is O=C(O)c1ccc2[nH]c(-c3ccc(C(c4ccc(Cl)cc4)N4CCNCC4)cc3)nc2c1. The first-order chi connectivity index (χ1) is 15.6. The Morgan fingerprint density at radius 1 is 0.969 bits per heavy atom. The van der Waals surface area contributed by atoms with Crippen molar-refractivity contribution < 1.29 is 9.90 Å². The second-order valence-electron chi connectivity index (χ2n) is 7.98. The fourth-order valence-electron chi connectivity index (χ4n) is 4.30. The Kier molecular flexibility index (Phi) is 5.66. The third kappa shape index (κ3) is 4.12. The zero-order valence-corrected chi connectivity index (χ0v) is 18.1. The molecule has 3 aromatic carbocycles. The van der Waals surface area contributed by atoms with Crippen LogP contribution in [0.25, 0.3) is 22.4 Å². The zero-order valence-electron chi connectivity index (χ0n) is 17.4. The summed E-state index contributed by atoms with van der Waals surface area (Å²) in [6.07, 6.45) is 0. The zero-order chi connectivity index (χ0) is 22.1. The van der Waals surface area contributed by atoms with Gasteiger partial charge in [0.1, 0.15) is 5.82 Å². The maximum absolute atomic E-state index is 11.2. The summed E-state index contributed by atoms with van der Waals surface area (Å²) in [4.78, 5) is 21.6. The number of carboxylic acid groups (broad SMARTS) is 1. The van der Waals surface area contributed by atoms with Crippen LogP contribution in [0.15, 0.2) is 66.7 Å². The number of aromatic amines is 1. The molecule has 0 saturated carbocycles. The van der Waals surface area contributed by atoms with Crippen LogP contribution in [0.1, 0.15) is 27.5 Å². The predicted molar refractivity (Wildman–Crippen MR) is 126 cm³/mol. The highest BCUT2D eigenvalue weighted by molar-refractivity contribution is 6.30. The van der Waals surface area contributed by atoms with Crippen LogP contribution in [0.5, 0.6) is 0 Å². The number of carbonyl (C=O) groups is 1. The molecule has 1 saturated heterocycles. The van der Waals surface area contributed by atoms with E-state index in [0.717, 1.165) is 48.1 Å². The lowest BCUT2D eigenvalue weighted by Gasteiger charge is -2.35. The molecule has 0 bridgehead atoms. The molecule has 6 nitrogen and oxygen atoms in total. The van der Waals surface area contributed by atoms with E-state index in [1.54, 1.807) is 18.2 Å². The van der Waals surface area contributed by atoms with Gasteiger partial charge < -0.3 is 15.4 Å². The highest BCUT2D eigenvalue weighted by Gasteiger charge is 2.24. The van der Waals surface area contributed by atoms with Crippen molar-refractivity contribution in [1.82, 2.24) is 20.2 Å². The molecule has 0 amide bonds. The third-order valence-corrected chi connectivity index (χ3v) is 6.18. The van der Waals surface area contributed by atoms with Gasteiger partial charge in [0.05, 0.1) is 22.6 Å². The number of fused-ring (bicyclic) bond motifs is 1. The summed E-state index contributed by atoms with van der Waals surface area (Å²) in [5, 5.41) is 13.4. The molecule has 0 aliphatic carbocycles. The summed E-state index contributed by atoms with van der Waals surface area (Å²) in [5.74, 6) is -0.235. The van der Waals surface area contributed by atoms with Crippen LogP contribution in [0.2, 0.25) is 5.02 Å². The molecule has 7 heteroatoms. The van der Waals surface area contributed by atoms with Crippen molar-refractivity contribution in [2.24, 2.45) is 0 Å². The quantitative estimate of drug-likeness (QED) is 0.418. The average Bonchev–Trinajstić information content (AvgIpc) is 3.25. The minimum Gasteiger partial charge on any atom is -0.478 e. The summed E-state index contributed by atoms with van der Waals surface area (Å²) >= 11 is 6.13. The van der Waals surface area contributed by atoms with E-state index in [9.17, 15) is 9.90 Å². The van der Waals surface area contributed by atoms with E-state index in [1.165, 1.54) is 11.1 Å². The monoisotopic (exact) mass is 446 g/mol. The summed E-state index contributed by atoms with van der Waals surface area (Å²) in [5.41, 5.74) is 5.07. The molecule has 3 N–H and O–H groups in total. The van der Waals surface area contributed by atoms with Crippen LogP contribution >= 0.6 is 11.6 Å². The van der Waals surface area contributed by atoms with Crippen molar-refractivity contribution in [3.8, 4) is 11.4 Å². The molecule has 32 heavy (non-hydrogen) atoms. The van der Waals surface area contributed by atoms with E-state index in [2.05, 4.69) is 56.6 Å². The molecule has 162 valence electrons. The van der Waals surface area contributed by atoms with Crippen molar-refractivity contribution in [3.05, 3.63) is 88.4 Å². The van der Waals surface area contributed by atoms with Crippen LogP contribution in [0, 0.1) is 0 Å². The predicted octanol–water partition coefficient (Wildman–Crippen LogP) is 4.58. The average molecular weight is 447 g/mol. The number of hydrogen-bond acceptors (Lipinski definition) is 4. The molecular weight excluding hydrogens is 424 g/mol. The Balaban J connectivity index is 1.48. The van der Waals surface area contributed by atoms with Gasteiger partial charge in [0.25, 0.3) is 0 Å². The summed E-state index contributed by atoms with van der Waals surface area (Å²) in [6, 6.07) is 21.6. The van der Waals surface area contributed by atoms with Crippen molar-refractivity contribution in [1.29, 1.82) is 0 Å². The van der Waals surface area contributed by atoms with Crippen molar-refractivity contribution in [2.75, 3.05) is 26.2 Å². The number of aromatic carboxylic acids is 1. The number of benzene rings is 3. The number of imidazole rings is 1. The van der Waals surface area contributed by atoms with Gasteiger partial charge in [-0.3, -0.25) is 4.90 Å². The number of halogens is 1. The number of nitrogens with one attached hydrogen (secondary N) is 2. The number of carboxylic acids is 1. The number of rotatable bonds is 5. The van der Waals surface area contributed by atoms with Gasteiger partial charge in [-0.1, -0.05) is 48.0 Å². The van der Waals surface area contributed by atoms with Gasteiger partial charge in [0.15, 0.2) is 0 Å². The minimum atomic E-state index is -0.957. The maximum atomic E-state index is 11.2. The molecule has 0 radical (unpaired) electrons. The van der Waals surface area contributed by atoms with Gasteiger partial charge >= 0.3 is 5.97 Å². The topological polar surface area (TPSA) is 81.2 Å². The van der Waals surface area contributed by atoms with E-state index >= 15 is 0 Å². The van der Waals surface area contributed by atoms with Gasteiger partial charge in [0.2, 0.25) is 0 Å². The lowest BCUT2D eigenvalue weighted by Crippen LogP contribution is -2.45. The first kappa shape index (κ1) is 20.7. The largest absolute Gasteiger partial charge is 0.478 e. The lowest BCUT2D eigenvalue weighted by molar-refractivity contribution is 0.0697. The summed E-state index contributed by atoms with van der Waals surface area (Å²) in [6.45, 7) is 3.90. The minimum absolute atomic E-state index is 0.150. The first-order valence-corrected chi connectivity index (χ1v) is 11.0. The molecule has 1 fully saturated rings. The Hall–Kier alpha value is -3.19. The fraction of sp³-hybridized carbons (Fsp3) is 0.200. The molecule has 1 aromatic heterocycles. The van der Waals surface area contributed by atoms with Crippen LogP contribution in [0.3, 0.4) is 0 Å². The molecule has 5 rings (SSSR count). The number of aromatic nitrogens is 2. The Morgan fingerprint density at radius 2 is 1.62 bits per heavy atom. The second kappa shape index (κ2) is 8.74. The van der Waals surface area contributed by atoms with E-state index in [0.29, 0.717) is 5.52 Å². The Labute approximate surface area is 190 Å². The molecule has 1 unspecified atom stereocenters. The fourth-order valence-corrected chi connectivity index (χ4v) is 4.42. The highest BCUT2D eigenvalue weighted by atomic mass is 35.5. The molecular formula is C25H23ClN4O2. The van der Waals surface area contributed by atoms with E-state index in [4.69, 9.17) is 11.6 Å². The van der Waals surface area contributed by atoms with E-state index in [-0.39, 0.29) is 11.6 Å². The van der Waals surface area contributed by atoms with E-state index < -0.39 is 5.97 Å². The maximum Gasteiger partial charge on any atom is 0.335 e. The van der Waals surface area contributed by atoms with E-state index in [1.807, 2.05) is 12.1 Å². The standard InChI is InChI=1S/C25H23ClN4O2/c26-20-8-5-17(6-9-20)23(30-13-11-27-12-14-30)16-1-3-18(4-2-16)24-28-21-10-7-19(25(31)32)15-22(21)29-24/h1-10,15,23,27H,11-14H2,(H,28,29)(H,31,32). The van der Waals surface area contributed by atoms with Crippen LogP contribution < -0.4 is 5.32 Å². The van der Waals surface area contributed by atoms with Crippen molar-refractivity contribution in [3.63, 3.8) is 0 Å². The van der Waals surface area contributed by atoms with Crippen molar-refractivity contribution >= 4 is 28.6 Å². The van der Waals surface area contributed by atoms with Gasteiger partial charge in [-0.25, -0.2) is 9.78 Å². The number of H-pyrrole nitrogens is 1. The number of hydrogen-bond donors (Lipinski definition) is 3. The molecule has 2 heterocycles. The lowest BCUT2D eigenvalue weighted by atomic mass is 9.95.